The minimum absolute atomic E-state index is 0.0528. The van der Waals surface area contributed by atoms with Crippen LogP contribution < -0.4 is 9.47 Å². The molecule has 0 bridgehead atoms. The van der Waals surface area contributed by atoms with Gasteiger partial charge in [0, 0.05) is 22.3 Å². The molecule has 176 valence electrons. The number of methoxy groups -OCH3 is 2. The van der Waals surface area contributed by atoms with Crippen LogP contribution in [0.25, 0.3) is 11.1 Å². The summed E-state index contributed by atoms with van der Waals surface area (Å²) < 4.78 is 12.1. The van der Waals surface area contributed by atoms with E-state index in [1.807, 2.05) is 0 Å². The highest BCUT2D eigenvalue weighted by molar-refractivity contribution is 5.80. The van der Waals surface area contributed by atoms with E-state index in [0.29, 0.717) is 0 Å². The van der Waals surface area contributed by atoms with Crippen LogP contribution in [0.5, 0.6) is 11.5 Å². The summed E-state index contributed by atoms with van der Waals surface area (Å²) in [5.41, 5.74) is 6.25. The first kappa shape index (κ1) is 26.3. The van der Waals surface area contributed by atoms with Gasteiger partial charge in [0.05, 0.1) is 14.2 Å². The summed E-state index contributed by atoms with van der Waals surface area (Å²) in [6.45, 7) is 26.8. The fourth-order valence-electron chi connectivity index (χ4n) is 3.84. The molecule has 0 fully saturated rings. The third-order valence-electron chi connectivity index (χ3n) is 5.93. The number of ether oxygens (including phenoxy) is 2. The van der Waals surface area contributed by atoms with Gasteiger partial charge in [-0.15, -0.1) is 0 Å². The Labute approximate surface area is 197 Å². The molecular weight excluding hydrogens is 392 g/mol. The predicted octanol–water partition coefficient (Wildman–Crippen LogP) is 8.16. The van der Waals surface area contributed by atoms with Gasteiger partial charge in [-0.2, -0.15) is 0 Å². The third kappa shape index (κ3) is 5.33. The smallest absolute Gasteiger partial charge is 0.131 e. The van der Waals surface area contributed by atoms with Gasteiger partial charge in [-0.1, -0.05) is 95.2 Å². The minimum atomic E-state index is -0.0864. The van der Waals surface area contributed by atoms with Crippen LogP contribution in [-0.2, 0) is 21.7 Å². The normalized spacial score (nSPS) is 13.3. The monoisotopic (exact) mass is 436 g/mol. The predicted molar refractivity (Wildman–Crippen MR) is 137 cm³/mol. The zero-order chi connectivity index (χ0) is 24.9. The molecular formula is C30H44O2. The summed E-state index contributed by atoms with van der Waals surface area (Å²) in [5, 5.41) is 0. The number of hydrogen-bond acceptors (Lipinski definition) is 2. The quantitative estimate of drug-likeness (QED) is 0.483. The van der Waals surface area contributed by atoms with Crippen molar-refractivity contribution in [2.24, 2.45) is 0 Å². The molecule has 2 nitrogen and oxygen atoms in total. The van der Waals surface area contributed by atoms with Crippen LogP contribution in [0.15, 0.2) is 12.1 Å². The van der Waals surface area contributed by atoms with E-state index in [4.69, 9.17) is 9.47 Å². The van der Waals surface area contributed by atoms with Gasteiger partial charge in [0.1, 0.15) is 11.5 Å². The Bertz CT molecular complexity index is 887. The molecule has 0 amide bonds. The van der Waals surface area contributed by atoms with Crippen molar-refractivity contribution in [3.8, 4) is 22.6 Å². The lowest BCUT2D eigenvalue weighted by atomic mass is 9.75. The Morgan fingerprint density at radius 2 is 0.781 bits per heavy atom. The summed E-state index contributed by atoms with van der Waals surface area (Å²) in [5.74, 6) is 1.71. The molecule has 0 unspecified atom stereocenters. The largest absolute Gasteiger partial charge is 0.496 e. The molecule has 2 rings (SSSR count). The zero-order valence-electron chi connectivity index (χ0n) is 23.0. The molecule has 2 aromatic rings. The van der Waals surface area contributed by atoms with Crippen LogP contribution >= 0.6 is 0 Å². The Kier molecular flexibility index (Phi) is 6.93. The third-order valence-corrected chi connectivity index (χ3v) is 5.93. The second-order valence-corrected chi connectivity index (χ2v) is 13.0. The first-order valence-electron chi connectivity index (χ1n) is 11.6. The van der Waals surface area contributed by atoms with Crippen molar-refractivity contribution in [3.63, 3.8) is 0 Å². The Morgan fingerprint density at radius 3 is 0.969 bits per heavy atom. The molecule has 0 atom stereocenters. The van der Waals surface area contributed by atoms with E-state index in [1.165, 1.54) is 11.1 Å². The highest BCUT2D eigenvalue weighted by atomic mass is 16.5. The van der Waals surface area contributed by atoms with E-state index in [0.717, 1.165) is 33.8 Å². The van der Waals surface area contributed by atoms with Crippen molar-refractivity contribution in [2.75, 3.05) is 14.2 Å². The molecule has 0 spiro atoms. The second-order valence-electron chi connectivity index (χ2n) is 13.0. The van der Waals surface area contributed by atoms with Crippen LogP contribution in [-0.4, -0.2) is 14.2 Å². The molecule has 2 heteroatoms. The molecule has 0 aromatic heterocycles. The lowest BCUT2D eigenvalue weighted by Crippen LogP contribution is -2.20. The SMILES string of the molecule is COc1c(-c2[c]c(C(C)(C)C)cc(C(C)(C)C)c2OC)[c]c(C(C)(C)C)cc1C(C)(C)C. The van der Waals surface area contributed by atoms with E-state index in [-0.39, 0.29) is 21.7 Å². The first-order valence-corrected chi connectivity index (χ1v) is 11.6. The maximum Gasteiger partial charge on any atom is 0.131 e. The van der Waals surface area contributed by atoms with Gasteiger partial charge in [0.2, 0.25) is 0 Å². The molecule has 0 heterocycles. The molecule has 0 aliphatic rings. The highest BCUT2D eigenvalue weighted by Gasteiger charge is 2.31. The number of rotatable bonds is 3. The minimum Gasteiger partial charge on any atom is -0.496 e. The summed E-state index contributed by atoms with van der Waals surface area (Å²) >= 11 is 0. The fraction of sp³-hybridized carbons (Fsp3) is 0.600. The molecule has 0 aliphatic heterocycles. The Balaban J connectivity index is 3.14. The van der Waals surface area contributed by atoms with Crippen molar-refractivity contribution in [1.29, 1.82) is 0 Å². The van der Waals surface area contributed by atoms with E-state index in [1.54, 1.807) is 14.2 Å². The van der Waals surface area contributed by atoms with Gasteiger partial charge < -0.3 is 9.47 Å². The Hall–Kier alpha value is -1.96. The van der Waals surface area contributed by atoms with Crippen LogP contribution in [0.1, 0.15) is 105 Å². The van der Waals surface area contributed by atoms with Crippen LogP contribution in [0.3, 0.4) is 0 Å². The van der Waals surface area contributed by atoms with Gasteiger partial charge in [-0.25, -0.2) is 0 Å². The van der Waals surface area contributed by atoms with Crippen LogP contribution in [0.2, 0.25) is 0 Å². The Morgan fingerprint density at radius 1 is 0.500 bits per heavy atom. The molecule has 0 N–H and O–H groups in total. The highest BCUT2D eigenvalue weighted by Crippen LogP contribution is 2.48. The van der Waals surface area contributed by atoms with E-state index < -0.39 is 0 Å². The van der Waals surface area contributed by atoms with Crippen molar-refractivity contribution < 1.29 is 9.47 Å². The van der Waals surface area contributed by atoms with E-state index in [2.05, 4.69) is 107 Å². The van der Waals surface area contributed by atoms with Gasteiger partial charge in [-0.3, -0.25) is 0 Å². The van der Waals surface area contributed by atoms with Crippen molar-refractivity contribution in [3.05, 3.63) is 46.5 Å². The van der Waals surface area contributed by atoms with Crippen LogP contribution in [0.4, 0.5) is 0 Å². The molecule has 2 aromatic carbocycles. The molecule has 0 saturated carbocycles. The lowest BCUT2D eigenvalue weighted by Gasteiger charge is -2.31. The van der Waals surface area contributed by atoms with Crippen molar-refractivity contribution in [1.82, 2.24) is 0 Å². The zero-order valence-corrected chi connectivity index (χ0v) is 23.0. The summed E-state index contributed by atoms with van der Waals surface area (Å²) in [4.78, 5) is 0. The topological polar surface area (TPSA) is 18.5 Å². The van der Waals surface area contributed by atoms with E-state index in [9.17, 15) is 0 Å². The average Bonchev–Trinajstić information content (AvgIpc) is 2.62. The maximum absolute atomic E-state index is 6.07. The average molecular weight is 437 g/mol. The van der Waals surface area contributed by atoms with Gasteiger partial charge in [0.25, 0.3) is 0 Å². The van der Waals surface area contributed by atoms with Gasteiger partial charge >= 0.3 is 0 Å². The summed E-state index contributed by atoms with van der Waals surface area (Å²) in [7, 11) is 3.51. The molecule has 32 heavy (non-hydrogen) atoms. The standard InChI is InChI=1S/C30H44O2/c1-27(2,3)19-15-21(25(31-13)23(17-19)29(7,8)9)22-16-20(28(4,5)6)18-24(26(22)32-14)30(10,11)12/h17-18H,1-14H3. The van der Waals surface area contributed by atoms with Crippen molar-refractivity contribution >= 4 is 0 Å². The van der Waals surface area contributed by atoms with Crippen molar-refractivity contribution in [2.45, 2.75) is 105 Å². The van der Waals surface area contributed by atoms with E-state index >= 15 is 0 Å². The van der Waals surface area contributed by atoms with Gasteiger partial charge in [0.15, 0.2) is 0 Å². The molecule has 2 radical (unpaired) electrons. The summed E-state index contributed by atoms with van der Waals surface area (Å²) in [6, 6.07) is 12.0. The number of hydrogen-bond donors (Lipinski definition) is 0. The second kappa shape index (κ2) is 8.43. The maximum atomic E-state index is 6.07. The van der Waals surface area contributed by atoms with Gasteiger partial charge in [-0.05, 0) is 44.9 Å². The molecule has 0 aliphatic carbocycles. The fourth-order valence-corrected chi connectivity index (χ4v) is 3.84. The van der Waals surface area contributed by atoms with Crippen LogP contribution in [0, 0.1) is 12.1 Å². The lowest BCUT2D eigenvalue weighted by molar-refractivity contribution is 0.391. The molecule has 0 saturated heterocycles. The number of benzene rings is 2. The first-order chi connectivity index (χ1) is 14.3. The summed E-state index contributed by atoms with van der Waals surface area (Å²) in [6.07, 6.45) is 0.